The van der Waals surface area contributed by atoms with Crippen molar-refractivity contribution in [1.82, 2.24) is 9.97 Å². The van der Waals surface area contributed by atoms with Gasteiger partial charge in [-0.15, -0.1) is 0 Å². The Morgan fingerprint density at radius 2 is 1.71 bits per heavy atom. The molecule has 5 nitrogen and oxygen atoms in total. The van der Waals surface area contributed by atoms with Crippen LogP contribution in [-0.2, 0) is 10.0 Å². The van der Waals surface area contributed by atoms with Crippen molar-refractivity contribution >= 4 is 10.0 Å². The zero-order valence-corrected chi connectivity index (χ0v) is 9.98. The standard InChI is InChI=1S/C11H11N3O2S/c1-8-13-6-9(7-14-8)10-4-2-3-5-11(10)17(12,15)16/h2-7H,1H3,(H2,12,15,16). The second-order valence-corrected chi connectivity index (χ2v) is 5.09. The molecule has 0 fully saturated rings. The molecule has 17 heavy (non-hydrogen) atoms. The fourth-order valence-electron chi connectivity index (χ4n) is 1.48. The van der Waals surface area contributed by atoms with Crippen LogP contribution < -0.4 is 5.14 Å². The zero-order chi connectivity index (χ0) is 12.5. The predicted octanol–water partition coefficient (Wildman–Crippen LogP) is 1.10. The Kier molecular flexibility index (Phi) is 2.91. The highest BCUT2D eigenvalue weighted by Crippen LogP contribution is 2.24. The zero-order valence-electron chi connectivity index (χ0n) is 9.16. The summed E-state index contributed by atoms with van der Waals surface area (Å²) in [6.07, 6.45) is 3.15. The molecular weight excluding hydrogens is 238 g/mol. The smallest absolute Gasteiger partial charge is 0.238 e. The van der Waals surface area contributed by atoms with E-state index in [9.17, 15) is 8.42 Å². The Balaban J connectivity index is 2.64. The molecule has 0 atom stereocenters. The fraction of sp³-hybridized carbons (Fsp3) is 0.0909. The second kappa shape index (κ2) is 4.23. The van der Waals surface area contributed by atoms with Gasteiger partial charge in [0, 0.05) is 23.5 Å². The van der Waals surface area contributed by atoms with Crippen molar-refractivity contribution in [2.24, 2.45) is 5.14 Å². The quantitative estimate of drug-likeness (QED) is 0.863. The van der Waals surface area contributed by atoms with Gasteiger partial charge in [0.15, 0.2) is 0 Å². The molecule has 0 aliphatic carbocycles. The number of sulfonamides is 1. The van der Waals surface area contributed by atoms with E-state index in [0.29, 0.717) is 17.0 Å². The molecule has 0 amide bonds. The van der Waals surface area contributed by atoms with E-state index in [1.54, 1.807) is 37.5 Å². The van der Waals surface area contributed by atoms with Gasteiger partial charge in [-0.25, -0.2) is 23.5 Å². The minimum atomic E-state index is -3.75. The fourth-order valence-corrected chi connectivity index (χ4v) is 2.25. The lowest BCUT2D eigenvalue weighted by atomic mass is 10.1. The van der Waals surface area contributed by atoms with Crippen molar-refractivity contribution in [3.05, 3.63) is 42.5 Å². The summed E-state index contributed by atoms with van der Waals surface area (Å²) in [5, 5.41) is 5.16. The van der Waals surface area contributed by atoms with Crippen molar-refractivity contribution in [2.75, 3.05) is 0 Å². The van der Waals surface area contributed by atoms with E-state index in [1.165, 1.54) is 6.07 Å². The molecule has 88 valence electrons. The molecule has 0 radical (unpaired) electrons. The van der Waals surface area contributed by atoms with Crippen LogP contribution in [0.25, 0.3) is 11.1 Å². The van der Waals surface area contributed by atoms with Gasteiger partial charge in [0.2, 0.25) is 10.0 Å². The Bertz CT molecular complexity index is 636. The van der Waals surface area contributed by atoms with E-state index in [2.05, 4.69) is 9.97 Å². The summed E-state index contributed by atoms with van der Waals surface area (Å²) in [7, 11) is -3.75. The second-order valence-electron chi connectivity index (χ2n) is 3.56. The molecule has 1 aromatic heterocycles. The van der Waals surface area contributed by atoms with Crippen LogP contribution >= 0.6 is 0 Å². The van der Waals surface area contributed by atoms with Gasteiger partial charge in [-0.2, -0.15) is 0 Å². The Hall–Kier alpha value is -1.79. The lowest BCUT2D eigenvalue weighted by Gasteiger charge is -2.06. The average Bonchev–Trinajstić information content (AvgIpc) is 2.29. The van der Waals surface area contributed by atoms with E-state index < -0.39 is 10.0 Å². The van der Waals surface area contributed by atoms with Crippen LogP contribution in [0.1, 0.15) is 5.82 Å². The molecule has 0 saturated carbocycles. The predicted molar refractivity (Wildman–Crippen MR) is 63.6 cm³/mol. The van der Waals surface area contributed by atoms with Crippen LogP contribution in [0.4, 0.5) is 0 Å². The molecule has 0 spiro atoms. The third-order valence-electron chi connectivity index (χ3n) is 2.29. The number of nitrogens with two attached hydrogens (primary N) is 1. The number of hydrogen-bond acceptors (Lipinski definition) is 4. The van der Waals surface area contributed by atoms with Gasteiger partial charge >= 0.3 is 0 Å². The molecule has 0 aliphatic rings. The molecule has 2 N–H and O–H groups in total. The molecule has 1 aromatic carbocycles. The molecule has 2 aromatic rings. The number of primary sulfonamides is 1. The third-order valence-corrected chi connectivity index (χ3v) is 3.25. The molecule has 0 bridgehead atoms. The summed E-state index contributed by atoms with van der Waals surface area (Å²) < 4.78 is 22.9. The number of nitrogens with zero attached hydrogens (tertiary/aromatic N) is 2. The highest BCUT2D eigenvalue weighted by molar-refractivity contribution is 7.89. The number of benzene rings is 1. The molecule has 2 rings (SSSR count). The SMILES string of the molecule is Cc1ncc(-c2ccccc2S(N)(=O)=O)cn1. The van der Waals surface area contributed by atoms with Crippen molar-refractivity contribution in [3.8, 4) is 11.1 Å². The molecule has 6 heteroatoms. The number of hydrogen-bond donors (Lipinski definition) is 1. The first-order valence-electron chi connectivity index (χ1n) is 4.89. The summed E-state index contributed by atoms with van der Waals surface area (Å²) in [5.74, 6) is 0.627. The van der Waals surface area contributed by atoms with Crippen LogP contribution in [0, 0.1) is 6.92 Å². The highest BCUT2D eigenvalue weighted by Gasteiger charge is 2.14. The van der Waals surface area contributed by atoms with Crippen molar-refractivity contribution < 1.29 is 8.42 Å². The lowest BCUT2D eigenvalue weighted by Crippen LogP contribution is -2.13. The maximum absolute atomic E-state index is 11.4. The minimum absolute atomic E-state index is 0.0763. The third kappa shape index (κ3) is 2.48. The van der Waals surface area contributed by atoms with E-state index in [0.717, 1.165) is 0 Å². The first-order chi connectivity index (χ1) is 7.98. The minimum Gasteiger partial charge on any atom is -0.241 e. The van der Waals surface area contributed by atoms with Gasteiger partial charge in [0.1, 0.15) is 5.82 Å². The van der Waals surface area contributed by atoms with Crippen molar-refractivity contribution in [2.45, 2.75) is 11.8 Å². The molecule has 0 unspecified atom stereocenters. The molecule has 0 aliphatic heterocycles. The Morgan fingerprint density at radius 3 is 2.29 bits per heavy atom. The topological polar surface area (TPSA) is 85.9 Å². The number of rotatable bonds is 2. The molecule has 0 saturated heterocycles. The average molecular weight is 249 g/mol. The van der Waals surface area contributed by atoms with Gasteiger partial charge in [0.25, 0.3) is 0 Å². The summed E-state index contributed by atoms with van der Waals surface area (Å²) in [6.45, 7) is 1.76. The summed E-state index contributed by atoms with van der Waals surface area (Å²) in [6, 6.07) is 6.50. The van der Waals surface area contributed by atoms with Crippen LogP contribution in [0.15, 0.2) is 41.6 Å². The van der Waals surface area contributed by atoms with Gasteiger partial charge in [-0.3, -0.25) is 0 Å². The lowest BCUT2D eigenvalue weighted by molar-refractivity contribution is 0.598. The normalized spacial score (nSPS) is 11.4. The van der Waals surface area contributed by atoms with Crippen LogP contribution in [-0.4, -0.2) is 18.4 Å². The van der Waals surface area contributed by atoms with Gasteiger partial charge in [-0.05, 0) is 13.0 Å². The van der Waals surface area contributed by atoms with Crippen LogP contribution in [0.3, 0.4) is 0 Å². The van der Waals surface area contributed by atoms with Crippen molar-refractivity contribution in [3.63, 3.8) is 0 Å². The molecule has 1 heterocycles. The largest absolute Gasteiger partial charge is 0.241 e. The summed E-state index contributed by atoms with van der Waals surface area (Å²) in [4.78, 5) is 8.14. The van der Waals surface area contributed by atoms with E-state index in [1.807, 2.05) is 0 Å². The monoisotopic (exact) mass is 249 g/mol. The van der Waals surface area contributed by atoms with Gasteiger partial charge in [-0.1, -0.05) is 18.2 Å². The first-order valence-corrected chi connectivity index (χ1v) is 6.44. The van der Waals surface area contributed by atoms with Gasteiger partial charge in [0.05, 0.1) is 4.90 Å². The van der Waals surface area contributed by atoms with Gasteiger partial charge < -0.3 is 0 Å². The number of aromatic nitrogens is 2. The molecular formula is C11H11N3O2S. The number of aryl methyl sites for hydroxylation is 1. The first kappa shape index (κ1) is 11.7. The van der Waals surface area contributed by atoms with Crippen LogP contribution in [0.5, 0.6) is 0 Å². The highest BCUT2D eigenvalue weighted by atomic mass is 32.2. The maximum Gasteiger partial charge on any atom is 0.238 e. The van der Waals surface area contributed by atoms with E-state index >= 15 is 0 Å². The van der Waals surface area contributed by atoms with E-state index in [4.69, 9.17) is 5.14 Å². The Morgan fingerprint density at radius 1 is 1.12 bits per heavy atom. The summed E-state index contributed by atoms with van der Waals surface area (Å²) >= 11 is 0. The van der Waals surface area contributed by atoms with E-state index in [-0.39, 0.29) is 4.90 Å². The Labute approximate surface area is 99.4 Å². The van der Waals surface area contributed by atoms with Crippen LogP contribution in [0.2, 0.25) is 0 Å². The summed E-state index contributed by atoms with van der Waals surface area (Å²) in [5.41, 5.74) is 1.13. The maximum atomic E-state index is 11.4. The van der Waals surface area contributed by atoms with Crippen molar-refractivity contribution in [1.29, 1.82) is 0 Å².